The van der Waals surface area contributed by atoms with E-state index in [1.54, 1.807) is 12.3 Å². The van der Waals surface area contributed by atoms with Gasteiger partial charge in [0, 0.05) is 38.9 Å². The molecule has 0 unspecified atom stereocenters. The van der Waals surface area contributed by atoms with Gasteiger partial charge in [-0.1, -0.05) is 42.5 Å². The summed E-state index contributed by atoms with van der Waals surface area (Å²) in [5.41, 5.74) is 6.92. The highest BCUT2D eigenvalue weighted by molar-refractivity contribution is 5.92. The van der Waals surface area contributed by atoms with Crippen molar-refractivity contribution in [1.82, 2.24) is 9.88 Å². The summed E-state index contributed by atoms with van der Waals surface area (Å²) in [6, 6.07) is 13.9. The number of carbonyl (C=O) groups excluding carboxylic acids is 1. The van der Waals surface area contributed by atoms with Gasteiger partial charge in [-0.3, -0.25) is 9.69 Å². The van der Waals surface area contributed by atoms with Crippen LogP contribution in [0.25, 0.3) is 6.08 Å². The van der Waals surface area contributed by atoms with E-state index >= 15 is 0 Å². The minimum Gasteiger partial charge on any atom is -0.366 e. The molecule has 1 aromatic heterocycles. The lowest BCUT2D eigenvalue weighted by Gasteiger charge is -2.34. The first kappa shape index (κ1) is 16.2. The summed E-state index contributed by atoms with van der Waals surface area (Å²) in [6.45, 7) is 4.82. The Morgan fingerprint density at radius 3 is 2.46 bits per heavy atom. The van der Waals surface area contributed by atoms with Gasteiger partial charge in [-0.2, -0.15) is 0 Å². The molecule has 0 atom stereocenters. The number of anilines is 1. The Morgan fingerprint density at radius 1 is 1.08 bits per heavy atom. The maximum absolute atomic E-state index is 11.1. The molecule has 2 N–H and O–H groups in total. The summed E-state index contributed by atoms with van der Waals surface area (Å²) in [7, 11) is 0. The third-order valence-electron chi connectivity index (χ3n) is 4.20. The molecule has 0 spiro atoms. The molecule has 1 aliphatic rings. The summed E-state index contributed by atoms with van der Waals surface area (Å²) >= 11 is 0. The molecule has 1 saturated heterocycles. The first-order valence-electron chi connectivity index (χ1n) is 8.17. The smallest absolute Gasteiger partial charge is 0.250 e. The second-order valence-corrected chi connectivity index (χ2v) is 5.87. The molecule has 1 amide bonds. The van der Waals surface area contributed by atoms with Crippen LogP contribution in [0, 0.1) is 0 Å². The number of nitrogens with zero attached hydrogens (tertiary/aromatic N) is 3. The first-order chi connectivity index (χ1) is 11.7. The van der Waals surface area contributed by atoms with Crippen LogP contribution in [0.15, 0.2) is 54.7 Å². The number of benzene rings is 1. The number of hydrogen-bond acceptors (Lipinski definition) is 4. The molecule has 2 aromatic rings. The zero-order chi connectivity index (χ0) is 16.8. The van der Waals surface area contributed by atoms with Crippen molar-refractivity contribution >= 4 is 17.8 Å². The molecular weight excluding hydrogens is 300 g/mol. The standard InChI is InChI=1S/C19H22N4O/c20-19(24)17-8-9-18(21-15-17)23-13-11-22(12-14-23)10-4-7-16-5-2-1-3-6-16/h1-9,15H,10-14H2,(H2,20,24)/b7-4+. The van der Waals surface area contributed by atoms with Gasteiger partial charge in [-0.25, -0.2) is 4.98 Å². The quantitative estimate of drug-likeness (QED) is 0.915. The van der Waals surface area contributed by atoms with Crippen LogP contribution in [-0.4, -0.2) is 48.5 Å². The van der Waals surface area contributed by atoms with Crippen molar-refractivity contribution in [3.05, 3.63) is 65.9 Å². The number of piperazine rings is 1. The average Bonchev–Trinajstić information content (AvgIpc) is 2.63. The topological polar surface area (TPSA) is 62.5 Å². The average molecular weight is 322 g/mol. The normalized spacial score (nSPS) is 15.8. The van der Waals surface area contributed by atoms with Gasteiger partial charge in [0.2, 0.25) is 5.91 Å². The van der Waals surface area contributed by atoms with Gasteiger partial charge in [-0.05, 0) is 17.7 Å². The Balaban J connectivity index is 1.48. The number of amides is 1. The van der Waals surface area contributed by atoms with Crippen LogP contribution in [0.3, 0.4) is 0 Å². The van der Waals surface area contributed by atoms with E-state index in [0.29, 0.717) is 5.56 Å². The number of rotatable bonds is 5. The molecule has 0 radical (unpaired) electrons. The maximum atomic E-state index is 11.1. The zero-order valence-corrected chi connectivity index (χ0v) is 13.6. The monoisotopic (exact) mass is 322 g/mol. The minimum atomic E-state index is -0.441. The van der Waals surface area contributed by atoms with Crippen LogP contribution in [0.5, 0.6) is 0 Å². The zero-order valence-electron chi connectivity index (χ0n) is 13.6. The highest BCUT2D eigenvalue weighted by Crippen LogP contribution is 2.14. The van der Waals surface area contributed by atoms with E-state index in [4.69, 9.17) is 5.73 Å². The number of aromatic nitrogens is 1. The van der Waals surface area contributed by atoms with E-state index in [1.165, 1.54) is 5.56 Å². The van der Waals surface area contributed by atoms with E-state index in [2.05, 4.69) is 51.2 Å². The Morgan fingerprint density at radius 2 is 1.83 bits per heavy atom. The second-order valence-electron chi connectivity index (χ2n) is 5.87. The van der Waals surface area contributed by atoms with Gasteiger partial charge in [0.1, 0.15) is 5.82 Å². The van der Waals surface area contributed by atoms with Crippen molar-refractivity contribution in [2.75, 3.05) is 37.6 Å². The fourth-order valence-corrected chi connectivity index (χ4v) is 2.78. The van der Waals surface area contributed by atoms with Crippen LogP contribution in [0.1, 0.15) is 15.9 Å². The highest BCUT2D eigenvalue weighted by Gasteiger charge is 2.17. The van der Waals surface area contributed by atoms with E-state index in [0.717, 1.165) is 38.5 Å². The summed E-state index contributed by atoms with van der Waals surface area (Å²) in [5, 5.41) is 0. The lowest BCUT2D eigenvalue weighted by Crippen LogP contribution is -2.46. The lowest BCUT2D eigenvalue weighted by atomic mass is 10.2. The first-order valence-corrected chi connectivity index (χ1v) is 8.17. The summed E-state index contributed by atoms with van der Waals surface area (Å²) < 4.78 is 0. The Bertz CT molecular complexity index is 689. The predicted molar refractivity (Wildman–Crippen MR) is 96.9 cm³/mol. The van der Waals surface area contributed by atoms with Gasteiger partial charge >= 0.3 is 0 Å². The molecule has 5 heteroatoms. The van der Waals surface area contributed by atoms with Gasteiger partial charge < -0.3 is 10.6 Å². The SMILES string of the molecule is NC(=O)c1ccc(N2CCN(C/C=C/c3ccccc3)CC2)nc1. The van der Waals surface area contributed by atoms with E-state index in [1.807, 2.05) is 12.1 Å². The molecule has 5 nitrogen and oxygen atoms in total. The van der Waals surface area contributed by atoms with Gasteiger partial charge in [0.25, 0.3) is 0 Å². The van der Waals surface area contributed by atoms with Crippen molar-refractivity contribution in [3.8, 4) is 0 Å². The Hall–Kier alpha value is -2.66. The number of primary amides is 1. The van der Waals surface area contributed by atoms with Gasteiger partial charge in [0.05, 0.1) is 5.56 Å². The molecular formula is C19H22N4O. The van der Waals surface area contributed by atoms with Gasteiger partial charge in [0.15, 0.2) is 0 Å². The van der Waals surface area contributed by atoms with Gasteiger partial charge in [-0.15, -0.1) is 0 Å². The molecule has 0 aliphatic carbocycles. The van der Waals surface area contributed by atoms with Crippen LogP contribution < -0.4 is 10.6 Å². The highest BCUT2D eigenvalue weighted by atomic mass is 16.1. The Labute approximate surface area is 142 Å². The summed E-state index contributed by atoms with van der Waals surface area (Å²) in [6.07, 6.45) is 5.92. The maximum Gasteiger partial charge on any atom is 0.250 e. The molecule has 124 valence electrons. The lowest BCUT2D eigenvalue weighted by molar-refractivity contribution is 0.1000. The summed E-state index contributed by atoms with van der Waals surface area (Å²) in [5.74, 6) is 0.462. The molecule has 2 heterocycles. The van der Waals surface area contributed by atoms with E-state index in [-0.39, 0.29) is 0 Å². The Kier molecular flexibility index (Phi) is 5.23. The minimum absolute atomic E-state index is 0.441. The number of pyridine rings is 1. The molecule has 1 aliphatic heterocycles. The van der Waals surface area contributed by atoms with Crippen molar-refractivity contribution in [2.45, 2.75) is 0 Å². The predicted octanol–water partition coefficient (Wildman–Crippen LogP) is 2.02. The number of carbonyl (C=O) groups is 1. The largest absolute Gasteiger partial charge is 0.366 e. The van der Waals surface area contributed by atoms with Crippen molar-refractivity contribution in [2.24, 2.45) is 5.73 Å². The fourth-order valence-electron chi connectivity index (χ4n) is 2.78. The number of hydrogen-bond donors (Lipinski definition) is 1. The molecule has 24 heavy (non-hydrogen) atoms. The second kappa shape index (κ2) is 7.75. The van der Waals surface area contributed by atoms with Crippen LogP contribution in [0.4, 0.5) is 5.82 Å². The third-order valence-corrected chi connectivity index (χ3v) is 4.20. The number of nitrogens with two attached hydrogens (primary N) is 1. The molecule has 0 saturated carbocycles. The van der Waals surface area contributed by atoms with Crippen molar-refractivity contribution < 1.29 is 4.79 Å². The van der Waals surface area contributed by atoms with Crippen molar-refractivity contribution in [1.29, 1.82) is 0 Å². The molecule has 0 bridgehead atoms. The fraction of sp³-hybridized carbons (Fsp3) is 0.263. The molecule has 1 aromatic carbocycles. The molecule has 1 fully saturated rings. The van der Waals surface area contributed by atoms with Crippen LogP contribution in [0.2, 0.25) is 0 Å². The molecule has 3 rings (SSSR count). The van der Waals surface area contributed by atoms with Crippen LogP contribution >= 0.6 is 0 Å². The van der Waals surface area contributed by atoms with E-state index < -0.39 is 5.91 Å². The van der Waals surface area contributed by atoms with Crippen LogP contribution in [-0.2, 0) is 0 Å². The van der Waals surface area contributed by atoms with Crippen molar-refractivity contribution in [3.63, 3.8) is 0 Å². The van der Waals surface area contributed by atoms with E-state index in [9.17, 15) is 4.79 Å². The summed E-state index contributed by atoms with van der Waals surface area (Å²) in [4.78, 5) is 20.1. The third kappa shape index (κ3) is 4.20.